The molecule has 1 heterocycles. The van der Waals surface area contributed by atoms with Crippen molar-refractivity contribution in [3.8, 4) is 0 Å². The minimum absolute atomic E-state index is 0.00567. The van der Waals surface area contributed by atoms with Crippen LogP contribution < -0.4 is 10.6 Å². The van der Waals surface area contributed by atoms with E-state index in [4.69, 9.17) is 0 Å². The van der Waals surface area contributed by atoms with E-state index < -0.39 is 0 Å². The van der Waals surface area contributed by atoms with Crippen LogP contribution in [0.2, 0.25) is 0 Å². The summed E-state index contributed by atoms with van der Waals surface area (Å²) in [7, 11) is 0. The van der Waals surface area contributed by atoms with E-state index in [0.717, 1.165) is 25.9 Å². The molecule has 1 aliphatic heterocycles. The van der Waals surface area contributed by atoms with Crippen molar-refractivity contribution in [3.63, 3.8) is 0 Å². The van der Waals surface area contributed by atoms with Crippen LogP contribution in [0, 0.1) is 0 Å². The number of nitrogens with zero attached hydrogens (tertiary/aromatic N) is 2. The minimum atomic E-state index is 0.00567. The molecule has 0 saturated carbocycles. The summed E-state index contributed by atoms with van der Waals surface area (Å²) in [5, 5.41) is 5.95. The molecule has 0 aromatic heterocycles. The Labute approximate surface area is 147 Å². The van der Waals surface area contributed by atoms with E-state index in [1.807, 2.05) is 9.80 Å². The molecule has 1 fully saturated rings. The molecule has 0 aromatic rings. The van der Waals surface area contributed by atoms with Crippen LogP contribution in [0.1, 0.15) is 65.2 Å². The average molecular weight is 341 g/mol. The van der Waals surface area contributed by atoms with Gasteiger partial charge in [0.15, 0.2) is 0 Å². The van der Waals surface area contributed by atoms with Gasteiger partial charge < -0.3 is 20.4 Å². The van der Waals surface area contributed by atoms with E-state index in [1.54, 1.807) is 0 Å². The topological polar surface area (TPSA) is 64.7 Å². The van der Waals surface area contributed by atoms with E-state index in [2.05, 4.69) is 24.5 Å². The van der Waals surface area contributed by atoms with Gasteiger partial charge in [0.1, 0.15) is 0 Å². The first kappa shape index (κ1) is 20.6. The number of carbonyl (C=O) groups is 2. The number of hydrogen-bond donors (Lipinski definition) is 2. The summed E-state index contributed by atoms with van der Waals surface area (Å²) < 4.78 is 0. The Kier molecular flexibility index (Phi) is 11.1. The van der Waals surface area contributed by atoms with Crippen molar-refractivity contribution >= 4 is 12.1 Å². The van der Waals surface area contributed by atoms with Crippen molar-refractivity contribution in [2.24, 2.45) is 0 Å². The largest absolute Gasteiger partial charge is 0.338 e. The molecule has 1 rings (SSSR count). The molecule has 0 aliphatic carbocycles. The first-order valence-electron chi connectivity index (χ1n) is 9.74. The summed E-state index contributed by atoms with van der Waals surface area (Å²) in [5.41, 5.74) is 0. The molecular formula is C18H36N4O2. The Morgan fingerprint density at radius 3 is 1.38 bits per heavy atom. The zero-order chi connectivity index (χ0) is 17.6. The van der Waals surface area contributed by atoms with Crippen LogP contribution >= 0.6 is 0 Å². The van der Waals surface area contributed by atoms with Crippen molar-refractivity contribution < 1.29 is 9.59 Å². The van der Waals surface area contributed by atoms with Gasteiger partial charge in [0.2, 0.25) is 0 Å². The fraction of sp³-hybridized carbons (Fsp3) is 0.889. The van der Waals surface area contributed by atoms with E-state index in [1.165, 1.54) is 38.5 Å². The van der Waals surface area contributed by atoms with E-state index in [9.17, 15) is 9.59 Å². The van der Waals surface area contributed by atoms with E-state index >= 15 is 0 Å². The number of rotatable bonds is 10. The Morgan fingerprint density at radius 2 is 1.04 bits per heavy atom. The highest BCUT2D eigenvalue weighted by molar-refractivity contribution is 5.76. The molecule has 0 radical (unpaired) electrons. The Hall–Kier alpha value is -1.46. The van der Waals surface area contributed by atoms with Gasteiger partial charge in [0, 0.05) is 39.3 Å². The van der Waals surface area contributed by atoms with Crippen molar-refractivity contribution in [3.05, 3.63) is 0 Å². The number of unbranched alkanes of at least 4 members (excludes halogenated alkanes) is 6. The number of carbonyl (C=O) groups excluding carboxylic acids is 2. The second kappa shape index (κ2) is 12.9. The van der Waals surface area contributed by atoms with Gasteiger partial charge in [-0.15, -0.1) is 0 Å². The molecule has 0 spiro atoms. The van der Waals surface area contributed by atoms with Gasteiger partial charge in [-0.2, -0.15) is 0 Å². The molecule has 0 atom stereocenters. The lowest BCUT2D eigenvalue weighted by Gasteiger charge is -2.34. The van der Waals surface area contributed by atoms with Crippen molar-refractivity contribution in [1.29, 1.82) is 0 Å². The maximum absolute atomic E-state index is 12.1. The third-order valence-electron chi connectivity index (χ3n) is 4.47. The maximum Gasteiger partial charge on any atom is 0.317 e. The zero-order valence-corrected chi connectivity index (χ0v) is 15.6. The molecule has 140 valence electrons. The smallest absolute Gasteiger partial charge is 0.317 e. The Balaban J connectivity index is 2.11. The predicted molar refractivity (Wildman–Crippen MR) is 98.2 cm³/mol. The summed E-state index contributed by atoms with van der Waals surface area (Å²) in [5.74, 6) is 0. The molecule has 6 nitrogen and oxygen atoms in total. The fourth-order valence-corrected chi connectivity index (χ4v) is 2.83. The van der Waals surface area contributed by atoms with Gasteiger partial charge >= 0.3 is 12.1 Å². The molecule has 6 heteroatoms. The second-order valence-electron chi connectivity index (χ2n) is 6.56. The third-order valence-corrected chi connectivity index (χ3v) is 4.47. The number of nitrogens with one attached hydrogen (secondary N) is 2. The Bertz CT molecular complexity index is 321. The molecule has 1 saturated heterocycles. The minimum Gasteiger partial charge on any atom is -0.338 e. The van der Waals surface area contributed by atoms with Crippen molar-refractivity contribution in [2.75, 3.05) is 39.3 Å². The van der Waals surface area contributed by atoms with Gasteiger partial charge in [-0.1, -0.05) is 52.4 Å². The molecule has 0 unspecified atom stereocenters. The second-order valence-corrected chi connectivity index (χ2v) is 6.56. The van der Waals surface area contributed by atoms with Gasteiger partial charge in [-0.25, -0.2) is 9.59 Å². The number of urea groups is 2. The molecule has 24 heavy (non-hydrogen) atoms. The summed E-state index contributed by atoms with van der Waals surface area (Å²) in [6.07, 6.45) is 9.28. The zero-order valence-electron chi connectivity index (χ0n) is 15.6. The first-order chi connectivity index (χ1) is 11.7. The molecule has 1 aliphatic rings. The average Bonchev–Trinajstić information content (AvgIpc) is 2.61. The monoisotopic (exact) mass is 340 g/mol. The first-order valence-corrected chi connectivity index (χ1v) is 9.74. The molecule has 2 N–H and O–H groups in total. The summed E-state index contributed by atoms with van der Waals surface area (Å²) in [4.78, 5) is 27.8. The van der Waals surface area contributed by atoms with Gasteiger partial charge in [0.05, 0.1) is 0 Å². The number of amides is 4. The Morgan fingerprint density at radius 1 is 0.667 bits per heavy atom. The van der Waals surface area contributed by atoms with E-state index in [-0.39, 0.29) is 12.1 Å². The molecule has 4 amide bonds. The number of piperazine rings is 1. The van der Waals surface area contributed by atoms with Crippen LogP contribution in [-0.2, 0) is 0 Å². The van der Waals surface area contributed by atoms with Gasteiger partial charge in [-0.3, -0.25) is 0 Å². The van der Waals surface area contributed by atoms with Crippen LogP contribution in [0.4, 0.5) is 9.59 Å². The quantitative estimate of drug-likeness (QED) is 0.600. The summed E-state index contributed by atoms with van der Waals surface area (Å²) in [6.45, 7) is 8.32. The van der Waals surface area contributed by atoms with Gasteiger partial charge in [-0.05, 0) is 12.8 Å². The van der Waals surface area contributed by atoms with Gasteiger partial charge in [0.25, 0.3) is 0 Å². The highest BCUT2D eigenvalue weighted by atomic mass is 16.2. The lowest BCUT2D eigenvalue weighted by atomic mass is 10.2. The summed E-state index contributed by atoms with van der Waals surface area (Å²) in [6, 6.07) is 0.0113. The van der Waals surface area contributed by atoms with Crippen LogP contribution in [0.5, 0.6) is 0 Å². The van der Waals surface area contributed by atoms with Crippen molar-refractivity contribution in [2.45, 2.75) is 65.2 Å². The van der Waals surface area contributed by atoms with Crippen LogP contribution in [0.25, 0.3) is 0 Å². The molecular weight excluding hydrogens is 304 g/mol. The fourth-order valence-electron chi connectivity index (χ4n) is 2.83. The van der Waals surface area contributed by atoms with Crippen LogP contribution in [0.15, 0.2) is 0 Å². The van der Waals surface area contributed by atoms with E-state index in [0.29, 0.717) is 26.2 Å². The van der Waals surface area contributed by atoms with Crippen LogP contribution in [-0.4, -0.2) is 61.1 Å². The highest BCUT2D eigenvalue weighted by Crippen LogP contribution is 2.04. The highest BCUT2D eigenvalue weighted by Gasteiger charge is 2.23. The summed E-state index contributed by atoms with van der Waals surface area (Å²) >= 11 is 0. The third kappa shape index (κ3) is 8.41. The normalized spacial score (nSPS) is 14.6. The van der Waals surface area contributed by atoms with Crippen molar-refractivity contribution in [1.82, 2.24) is 20.4 Å². The standard InChI is InChI=1S/C18H36N4O2/c1-3-5-7-9-11-19-17(23)21-13-15-22(16-14-21)18(24)20-12-10-8-6-4-2/h3-16H2,1-2H3,(H,19,23)(H,20,24). The lowest BCUT2D eigenvalue weighted by molar-refractivity contribution is 0.142. The molecule has 0 bridgehead atoms. The van der Waals surface area contributed by atoms with Crippen LogP contribution in [0.3, 0.4) is 0 Å². The number of hydrogen-bond acceptors (Lipinski definition) is 2. The molecule has 0 aromatic carbocycles. The predicted octanol–water partition coefficient (Wildman–Crippen LogP) is 3.18. The lowest BCUT2D eigenvalue weighted by Crippen LogP contribution is -2.55. The SMILES string of the molecule is CCCCCCNC(=O)N1CCN(C(=O)NCCCCCC)CC1. The maximum atomic E-state index is 12.1.